The number of hydrogen-bond acceptors (Lipinski definition) is 2. The molecule has 1 aliphatic rings. The molecule has 1 amide bonds. The maximum Gasteiger partial charge on any atom is 0.224 e. The van der Waals surface area contributed by atoms with Gasteiger partial charge in [-0.3, -0.25) is 4.79 Å². The van der Waals surface area contributed by atoms with Gasteiger partial charge < -0.3 is 10.6 Å². The zero-order valence-electron chi connectivity index (χ0n) is 4.19. The van der Waals surface area contributed by atoms with E-state index in [0.29, 0.717) is 6.42 Å². The van der Waals surface area contributed by atoms with Crippen LogP contribution in [0, 0.1) is 0 Å². The van der Waals surface area contributed by atoms with Crippen molar-refractivity contribution in [2.75, 3.05) is 7.05 Å². The van der Waals surface area contributed by atoms with Crippen LogP contribution in [0.1, 0.15) is 6.42 Å². The Labute approximate surface area is 42.1 Å². The third-order valence-electron chi connectivity index (χ3n) is 1.07. The first kappa shape index (κ1) is 4.59. The Hall–Kier alpha value is -0.570. The van der Waals surface area contributed by atoms with E-state index in [1.807, 2.05) is 7.05 Å². The van der Waals surface area contributed by atoms with Crippen LogP contribution >= 0.6 is 0 Å². The van der Waals surface area contributed by atoms with Crippen LogP contribution in [0.5, 0.6) is 0 Å². The molecule has 2 N–H and O–H groups in total. The molecule has 0 aromatic rings. The summed E-state index contributed by atoms with van der Waals surface area (Å²) in [5.74, 6) is 0.138. The third kappa shape index (κ3) is 0.718. The molecule has 3 nitrogen and oxygen atoms in total. The van der Waals surface area contributed by atoms with Crippen molar-refractivity contribution in [2.24, 2.45) is 0 Å². The summed E-state index contributed by atoms with van der Waals surface area (Å²) in [4.78, 5) is 10.1. The number of carbonyl (C=O) groups is 1. The van der Waals surface area contributed by atoms with Crippen LogP contribution in [0.4, 0.5) is 0 Å². The molecular weight excluding hydrogens is 92.1 g/mol. The van der Waals surface area contributed by atoms with Crippen LogP contribution in [0.2, 0.25) is 0 Å². The average molecular weight is 100 g/mol. The van der Waals surface area contributed by atoms with Crippen molar-refractivity contribution in [3.63, 3.8) is 0 Å². The van der Waals surface area contributed by atoms with Gasteiger partial charge in [0, 0.05) is 0 Å². The number of rotatable bonds is 1. The Bertz CT molecular complexity index is 83.7. The van der Waals surface area contributed by atoms with E-state index in [2.05, 4.69) is 10.6 Å². The van der Waals surface area contributed by atoms with Gasteiger partial charge in [0.25, 0.3) is 0 Å². The predicted molar refractivity (Wildman–Crippen MR) is 25.6 cm³/mol. The molecule has 0 radical (unpaired) electrons. The topological polar surface area (TPSA) is 41.1 Å². The summed E-state index contributed by atoms with van der Waals surface area (Å²) in [6.45, 7) is 0. The minimum Gasteiger partial charge on any atom is -0.340 e. The first-order valence-electron chi connectivity index (χ1n) is 2.29. The highest BCUT2D eigenvalue weighted by Gasteiger charge is 2.22. The van der Waals surface area contributed by atoms with Crippen LogP contribution in [0.25, 0.3) is 0 Å². The molecule has 0 bridgehead atoms. The normalized spacial score (nSPS) is 28.7. The lowest BCUT2D eigenvalue weighted by molar-refractivity contribution is -0.128. The molecule has 40 valence electrons. The number of carbonyl (C=O) groups excluding carboxylic acids is 1. The van der Waals surface area contributed by atoms with Gasteiger partial charge in [0.15, 0.2) is 0 Å². The highest BCUT2D eigenvalue weighted by Crippen LogP contribution is 1.96. The van der Waals surface area contributed by atoms with E-state index in [1.54, 1.807) is 0 Å². The second kappa shape index (κ2) is 1.50. The number of β-lactam (4-membered cyclic amide) rings is 1. The smallest absolute Gasteiger partial charge is 0.224 e. The van der Waals surface area contributed by atoms with Crippen LogP contribution in [0.15, 0.2) is 0 Å². The van der Waals surface area contributed by atoms with Gasteiger partial charge in [-0.1, -0.05) is 0 Å². The lowest BCUT2D eigenvalue weighted by Crippen LogP contribution is -2.55. The molecule has 0 aliphatic carbocycles. The van der Waals surface area contributed by atoms with E-state index in [1.165, 1.54) is 0 Å². The van der Waals surface area contributed by atoms with Crippen molar-refractivity contribution in [2.45, 2.75) is 12.6 Å². The van der Waals surface area contributed by atoms with Gasteiger partial charge in [0.05, 0.1) is 12.6 Å². The lowest BCUT2D eigenvalue weighted by atomic mass is 10.2. The van der Waals surface area contributed by atoms with Crippen molar-refractivity contribution < 1.29 is 4.79 Å². The highest BCUT2D eigenvalue weighted by atomic mass is 16.2. The molecule has 1 rings (SSSR count). The standard InChI is InChI=1S/C4H8N2O/c1-5-3-2-4(7)6-3/h3,5H,2H2,1H3,(H,6,7). The molecule has 1 aliphatic heterocycles. The molecule has 1 heterocycles. The SMILES string of the molecule is CNC1CC(=O)N1. The molecule has 1 unspecified atom stereocenters. The average Bonchev–Trinajstić information content (AvgIpc) is 1.58. The molecule has 1 atom stereocenters. The molecule has 7 heavy (non-hydrogen) atoms. The summed E-state index contributed by atoms with van der Waals surface area (Å²) in [6, 6.07) is 0. The molecule has 0 aromatic carbocycles. The van der Waals surface area contributed by atoms with Gasteiger partial charge >= 0.3 is 0 Å². The second-order valence-corrected chi connectivity index (χ2v) is 1.61. The van der Waals surface area contributed by atoms with Gasteiger partial charge in [-0.2, -0.15) is 0 Å². The highest BCUT2D eigenvalue weighted by molar-refractivity contribution is 5.82. The number of hydrogen-bond donors (Lipinski definition) is 2. The third-order valence-corrected chi connectivity index (χ3v) is 1.07. The molecule has 0 aromatic heterocycles. The van der Waals surface area contributed by atoms with Gasteiger partial charge in [-0.05, 0) is 7.05 Å². The van der Waals surface area contributed by atoms with Gasteiger partial charge in [-0.25, -0.2) is 0 Å². The van der Waals surface area contributed by atoms with E-state index in [9.17, 15) is 4.79 Å². The summed E-state index contributed by atoms with van der Waals surface area (Å²) in [6.07, 6.45) is 0.878. The maximum atomic E-state index is 10.1. The van der Waals surface area contributed by atoms with Crippen molar-refractivity contribution in [3.8, 4) is 0 Å². The summed E-state index contributed by atoms with van der Waals surface area (Å²) < 4.78 is 0. The Morgan fingerprint density at radius 3 is 2.71 bits per heavy atom. The van der Waals surface area contributed by atoms with Gasteiger partial charge in [0.2, 0.25) is 5.91 Å². The van der Waals surface area contributed by atoms with Crippen molar-refractivity contribution in [3.05, 3.63) is 0 Å². The Morgan fingerprint density at radius 2 is 2.57 bits per heavy atom. The number of amides is 1. The molecule has 0 spiro atoms. The van der Waals surface area contributed by atoms with Gasteiger partial charge in [-0.15, -0.1) is 0 Å². The fourth-order valence-electron chi connectivity index (χ4n) is 0.533. The number of nitrogens with one attached hydrogen (secondary N) is 2. The first-order valence-corrected chi connectivity index (χ1v) is 2.29. The van der Waals surface area contributed by atoms with E-state index < -0.39 is 0 Å². The lowest BCUT2D eigenvalue weighted by Gasteiger charge is -2.25. The van der Waals surface area contributed by atoms with Crippen molar-refractivity contribution in [1.29, 1.82) is 0 Å². The van der Waals surface area contributed by atoms with Crippen molar-refractivity contribution in [1.82, 2.24) is 10.6 Å². The molecular formula is C4H8N2O. The summed E-state index contributed by atoms with van der Waals surface area (Å²) >= 11 is 0. The van der Waals surface area contributed by atoms with E-state index >= 15 is 0 Å². The molecule has 3 heteroatoms. The monoisotopic (exact) mass is 100 g/mol. The van der Waals surface area contributed by atoms with E-state index in [0.717, 1.165) is 0 Å². The Morgan fingerprint density at radius 1 is 2.00 bits per heavy atom. The van der Waals surface area contributed by atoms with E-state index in [-0.39, 0.29) is 12.1 Å². The summed E-state index contributed by atoms with van der Waals surface area (Å²) in [7, 11) is 1.82. The van der Waals surface area contributed by atoms with Gasteiger partial charge in [0.1, 0.15) is 0 Å². The minimum atomic E-state index is 0.138. The quantitative estimate of drug-likeness (QED) is 0.417. The van der Waals surface area contributed by atoms with Crippen molar-refractivity contribution >= 4 is 5.91 Å². The molecule has 0 saturated carbocycles. The van der Waals surface area contributed by atoms with Crippen LogP contribution in [-0.2, 0) is 4.79 Å². The Balaban J connectivity index is 2.17. The van der Waals surface area contributed by atoms with Crippen LogP contribution in [-0.4, -0.2) is 19.1 Å². The maximum absolute atomic E-state index is 10.1. The zero-order valence-corrected chi connectivity index (χ0v) is 4.19. The second-order valence-electron chi connectivity index (χ2n) is 1.61. The largest absolute Gasteiger partial charge is 0.340 e. The van der Waals surface area contributed by atoms with Crippen LogP contribution < -0.4 is 10.6 Å². The molecule has 1 fully saturated rings. The zero-order chi connectivity index (χ0) is 5.28. The van der Waals surface area contributed by atoms with Crippen LogP contribution in [0.3, 0.4) is 0 Å². The summed E-state index contributed by atoms with van der Waals surface area (Å²) in [5.41, 5.74) is 0. The summed E-state index contributed by atoms with van der Waals surface area (Å²) in [5, 5.41) is 5.54. The minimum absolute atomic E-state index is 0.138. The van der Waals surface area contributed by atoms with E-state index in [4.69, 9.17) is 0 Å². The Kier molecular flexibility index (Phi) is 0.982. The fourth-order valence-corrected chi connectivity index (χ4v) is 0.533. The predicted octanol–water partition coefficient (Wildman–Crippen LogP) is -0.948. The fraction of sp³-hybridized carbons (Fsp3) is 0.750. The molecule has 1 saturated heterocycles. The first-order chi connectivity index (χ1) is 3.33.